The minimum absolute atomic E-state index is 0.296. The molecule has 1 heterocycles. The number of urea groups is 1. The van der Waals surface area contributed by atoms with E-state index >= 15 is 0 Å². The predicted octanol–water partition coefficient (Wildman–Crippen LogP) is 2.20. The van der Waals surface area contributed by atoms with Gasteiger partial charge in [0.25, 0.3) is 0 Å². The maximum absolute atomic E-state index is 13.0. The summed E-state index contributed by atoms with van der Waals surface area (Å²) in [4.78, 5) is 11.7. The maximum Gasteiger partial charge on any atom is 0.315 e. The van der Waals surface area contributed by atoms with E-state index in [1.54, 1.807) is 12.4 Å². The minimum atomic E-state index is -0.325. The Morgan fingerprint density at radius 3 is 2.86 bits per heavy atom. The number of aromatic nitrogens is 3. The van der Waals surface area contributed by atoms with Gasteiger partial charge in [0.15, 0.2) is 5.82 Å². The van der Waals surface area contributed by atoms with Crippen molar-refractivity contribution < 1.29 is 9.18 Å². The molecule has 0 unspecified atom stereocenters. The molecule has 2 rings (SSSR count). The standard InChI is InChI=1S/C13H15BrFN5O/c1-2-20-8-18-19-12(20)7-17-13(21)16-6-9-3-4-10(15)5-11(9)14/h3-5,8H,2,6-7H2,1H3,(H2,16,17,21). The summed E-state index contributed by atoms with van der Waals surface area (Å²) >= 11 is 3.25. The second-order valence-corrected chi connectivity index (χ2v) is 5.16. The summed E-state index contributed by atoms with van der Waals surface area (Å²) < 4.78 is 15.4. The molecule has 0 aliphatic carbocycles. The number of hydrogen-bond acceptors (Lipinski definition) is 3. The van der Waals surface area contributed by atoms with E-state index in [0.29, 0.717) is 23.4 Å². The van der Waals surface area contributed by atoms with Gasteiger partial charge < -0.3 is 15.2 Å². The van der Waals surface area contributed by atoms with Crippen LogP contribution in [0.3, 0.4) is 0 Å². The van der Waals surface area contributed by atoms with Gasteiger partial charge in [-0.05, 0) is 24.6 Å². The number of nitrogens with one attached hydrogen (secondary N) is 2. The summed E-state index contributed by atoms with van der Waals surface area (Å²) in [5.74, 6) is 0.365. The van der Waals surface area contributed by atoms with Gasteiger partial charge in [0.05, 0.1) is 6.54 Å². The van der Waals surface area contributed by atoms with Crippen molar-refractivity contribution in [3.63, 3.8) is 0 Å². The van der Waals surface area contributed by atoms with Crippen molar-refractivity contribution in [2.45, 2.75) is 26.6 Å². The molecule has 112 valence electrons. The van der Waals surface area contributed by atoms with Gasteiger partial charge in [-0.3, -0.25) is 0 Å². The molecule has 1 aromatic heterocycles. The summed E-state index contributed by atoms with van der Waals surface area (Å²) in [6.45, 7) is 3.31. The zero-order valence-electron chi connectivity index (χ0n) is 11.4. The van der Waals surface area contributed by atoms with Crippen LogP contribution in [-0.4, -0.2) is 20.8 Å². The number of benzene rings is 1. The highest BCUT2D eigenvalue weighted by atomic mass is 79.9. The van der Waals surface area contributed by atoms with E-state index in [1.165, 1.54) is 12.1 Å². The van der Waals surface area contributed by atoms with Crippen molar-refractivity contribution >= 4 is 22.0 Å². The first kappa shape index (κ1) is 15.4. The number of rotatable bonds is 5. The Morgan fingerprint density at radius 1 is 1.38 bits per heavy atom. The van der Waals surface area contributed by atoms with Gasteiger partial charge in [0.2, 0.25) is 0 Å². The van der Waals surface area contributed by atoms with Gasteiger partial charge in [0.1, 0.15) is 12.1 Å². The van der Waals surface area contributed by atoms with E-state index in [2.05, 4.69) is 36.8 Å². The molecule has 1 aromatic carbocycles. The molecule has 0 atom stereocenters. The topological polar surface area (TPSA) is 71.8 Å². The highest BCUT2D eigenvalue weighted by Crippen LogP contribution is 2.17. The summed E-state index contributed by atoms with van der Waals surface area (Å²) in [6.07, 6.45) is 1.62. The lowest BCUT2D eigenvalue weighted by molar-refractivity contribution is 0.239. The maximum atomic E-state index is 13.0. The first-order chi connectivity index (χ1) is 10.1. The molecule has 0 aliphatic rings. The molecule has 0 saturated carbocycles. The molecule has 0 fully saturated rings. The highest BCUT2D eigenvalue weighted by molar-refractivity contribution is 9.10. The van der Waals surface area contributed by atoms with Crippen molar-refractivity contribution in [2.24, 2.45) is 0 Å². The number of carbonyl (C=O) groups excluding carboxylic acids is 1. The Morgan fingerprint density at radius 2 is 2.14 bits per heavy atom. The van der Waals surface area contributed by atoms with Crippen LogP contribution in [0.5, 0.6) is 0 Å². The van der Waals surface area contributed by atoms with E-state index in [-0.39, 0.29) is 11.8 Å². The van der Waals surface area contributed by atoms with Crippen LogP contribution < -0.4 is 10.6 Å². The van der Waals surface area contributed by atoms with E-state index in [9.17, 15) is 9.18 Å². The van der Waals surface area contributed by atoms with E-state index in [0.717, 1.165) is 12.1 Å². The smallest absolute Gasteiger partial charge is 0.315 e. The van der Waals surface area contributed by atoms with Gasteiger partial charge in [-0.1, -0.05) is 22.0 Å². The molecule has 0 saturated heterocycles. The normalized spacial score (nSPS) is 10.4. The number of carbonyl (C=O) groups is 1. The van der Waals surface area contributed by atoms with E-state index < -0.39 is 0 Å². The summed E-state index contributed by atoms with van der Waals surface area (Å²) in [5.41, 5.74) is 0.795. The van der Waals surface area contributed by atoms with Crippen molar-refractivity contribution in [1.82, 2.24) is 25.4 Å². The second-order valence-electron chi connectivity index (χ2n) is 4.31. The molecule has 0 radical (unpaired) electrons. The van der Waals surface area contributed by atoms with Crippen LogP contribution in [0.15, 0.2) is 29.0 Å². The molecular weight excluding hydrogens is 341 g/mol. The number of hydrogen-bond donors (Lipinski definition) is 2. The number of aryl methyl sites for hydroxylation is 1. The van der Waals surface area contributed by atoms with Crippen molar-refractivity contribution in [3.05, 3.63) is 46.2 Å². The molecular formula is C13H15BrFN5O. The van der Waals surface area contributed by atoms with Crippen molar-refractivity contribution in [1.29, 1.82) is 0 Å². The number of amides is 2. The lowest BCUT2D eigenvalue weighted by atomic mass is 10.2. The third-order valence-corrected chi connectivity index (χ3v) is 3.64. The van der Waals surface area contributed by atoms with Crippen LogP contribution in [0.25, 0.3) is 0 Å². The molecule has 6 nitrogen and oxygen atoms in total. The highest BCUT2D eigenvalue weighted by Gasteiger charge is 2.07. The fraction of sp³-hybridized carbons (Fsp3) is 0.308. The summed E-state index contributed by atoms with van der Waals surface area (Å²) in [7, 11) is 0. The van der Waals surface area contributed by atoms with Gasteiger partial charge in [-0.25, -0.2) is 9.18 Å². The largest absolute Gasteiger partial charge is 0.334 e. The monoisotopic (exact) mass is 355 g/mol. The van der Waals surface area contributed by atoms with Gasteiger partial charge >= 0.3 is 6.03 Å². The van der Waals surface area contributed by atoms with Gasteiger partial charge in [0, 0.05) is 17.6 Å². The van der Waals surface area contributed by atoms with Gasteiger partial charge in [-0.15, -0.1) is 10.2 Å². The Balaban J connectivity index is 1.82. The third kappa shape index (κ3) is 4.25. The van der Waals surface area contributed by atoms with Crippen LogP contribution in [0.2, 0.25) is 0 Å². The molecule has 0 bridgehead atoms. The van der Waals surface area contributed by atoms with Crippen LogP contribution in [-0.2, 0) is 19.6 Å². The lowest BCUT2D eigenvalue weighted by Gasteiger charge is -2.09. The van der Waals surface area contributed by atoms with Crippen LogP contribution in [0.1, 0.15) is 18.3 Å². The lowest BCUT2D eigenvalue weighted by Crippen LogP contribution is -2.35. The van der Waals surface area contributed by atoms with E-state index in [1.807, 2.05) is 11.5 Å². The van der Waals surface area contributed by atoms with Gasteiger partial charge in [-0.2, -0.15) is 0 Å². The number of halogens is 2. The Kier molecular flexibility index (Phi) is 5.26. The minimum Gasteiger partial charge on any atom is -0.334 e. The van der Waals surface area contributed by atoms with Crippen molar-refractivity contribution in [3.8, 4) is 0 Å². The molecule has 0 spiro atoms. The first-order valence-electron chi connectivity index (χ1n) is 6.42. The first-order valence-corrected chi connectivity index (χ1v) is 7.21. The zero-order valence-corrected chi connectivity index (χ0v) is 13.0. The van der Waals surface area contributed by atoms with Crippen LogP contribution >= 0.6 is 15.9 Å². The molecule has 0 aliphatic heterocycles. The Labute approximate surface area is 129 Å². The average molecular weight is 356 g/mol. The molecule has 2 N–H and O–H groups in total. The Hall–Kier alpha value is -1.96. The van der Waals surface area contributed by atoms with Crippen molar-refractivity contribution in [2.75, 3.05) is 0 Å². The third-order valence-electron chi connectivity index (χ3n) is 2.90. The fourth-order valence-corrected chi connectivity index (χ4v) is 2.23. The molecule has 2 amide bonds. The summed E-state index contributed by atoms with van der Waals surface area (Å²) in [5, 5.41) is 13.1. The SMILES string of the molecule is CCn1cnnc1CNC(=O)NCc1ccc(F)cc1Br. The number of nitrogens with zero attached hydrogens (tertiary/aromatic N) is 3. The van der Waals surface area contributed by atoms with Crippen LogP contribution in [0.4, 0.5) is 9.18 Å². The summed E-state index contributed by atoms with van der Waals surface area (Å²) in [6, 6.07) is 4.01. The second kappa shape index (κ2) is 7.16. The van der Waals surface area contributed by atoms with Crippen LogP contribution in [0, 0.1) is 5.82 Å². The predicted molar refractivity (Wildman–Crippen MR) is 78.9 cm³/mol. The quantitative estimate of drug-likeness (QED) is 0.863. The zero-order chi connectivity index (χ0) is 15.2. The Bertz CT molecular complexity index is 631. The molecule has 21 heavy (non-hydrogen) atoms. The average Bonchev–Trinajstić information content (AvgIpc) is 2.91. The molecule has 8 heteroatoms. The fourth-order valence-electron chi connectivity index (χ4n) is 1.74. The van der Waals surface area contributed by atoms with E-state index in [4.69, 9.17) is 0 Å². The molecule has 2 aromatic rings.